The van der Waals surface area contributed by atoms with Gasteiger partial charge in [0.1, 0.15) is 17.3 Å². The van der Waals surface area contributed by atoms with E-state index in [-0.39, 0.29) is 17.8 Å². The van der Waals surface area contributed by atoms with Gasteiger partial charge in [-0.1, -0.05) is 12.1 Å². The van der Waals surface area contributed by atoms with Gasteiger partial charge in [0, 0.05) is 11.6 Å². The van der Waals surface area contributed by atoms with Crippen molar-refractivity contribution in [1.29, 1.82) is 0 Å². The molecule has 4 nitrogen and oxygen atoms in total. The van der Waals surface area contributed by atoms with E-state index in [1.165, 1.54) is 18.2 Å². The molecular formula is C19H20FNO3. The Morgan fingerprint density at radius 1 is 1.12 bits per heavy atom. The summed E-state index contributed by atoms with van der Waals surface area (Å²) in [5.74, 6) is 0.798. The minimum atomic E-state index is -0.310. The van der Waals surface area contributed by atoms with Crippen molar-refractivity contribution in [3.05, 3.63) is 65.5 Å². The molecular weight excluding hydrogens is 309 g/mol. The molecule has 0 radical (unpaired) electrons. The average Bonchev–Trinajstić information content (AvgIpc) is 2.60. The van der Waals surface area contributed by atoms with Crippen LogP contribution in [0.4, 0.5) is 4.39 Å². The van der Waals surface area contributed by atoms with E-state index in [4.69, 9.17) is 9.47 Å². The molecule has 1 atom stereocenters. The molecule has 2 rings (SSSR count). The molecule has 0 aliphatic heterocycles. The minimum Gasteiger partial charge on any atom is -0.497 e. The van der Waals surface area contributed by atoms with Gasteiger partial charge in [0.2, 0.25) is 5.91 Å². The first-order valence-electron chi connectivity index (χ1n) is 7.49. The molecule has 5 heteroatoms. The van der Waals surface area contributed by atoms with E-state index in [9.17, 15) is 9.18 Å². The molecule has 0 heterocycles. The lowest BCUT2D eigenvalue weighted by Crippen LogP contribution is -2.25. The summed E-state index contributed by atoms with van der Waals surface area (Å²) in [6, 6.07) is 11.1. The van der Waals surface area contributed by atoms with Crippen molar-refractivity contribution in [3.63, 3.8) is 0 Å². The SMILES string of the molecule is COc1ccc(OC)c([C@H](C)NC(=O)/C=C/c2ccc(F)cc2)c1. The van der Waals surface area contributed by atoms with Crippen LogP contribution in [0.25, 0.3) is 6.08 Å². The molecule has 0 aliphatic rings. The summed E-state index contributed by atoms with van der Waals surface area (Å²) in [7, 11) is 3.16. The van der Waals surface area contributed by atoms with Crippen LogP contribution in [0.5, 0.6) is 11.5 Å². The van der Waals surface area contributed by atoms with Crippen LogP contribution in [0.1, 0.15) is 24.1 Å². The quantitative estimate of drug-likeness (QED) is 0.822. The standard InChI is InChI=1S/C19H20FNO3/c1-13(17-12-16(23-2)9-10-18(17)24-3)21-19(22)11-6-14-4-7-15(20)8-5-14/h4-13H,1-3H3,(H,21,22)/b11-6+/t13-/m0/s1. The largest absolute Gasteiger partial charge is 0.497 e. The Morgan fingerprint density at radius 2 is 1.83 bits per heavy atom. The van der Waals surface area contributed by atoms with Crippen molar-refractivity contribution in [2.75, 3.05) is 14.2 Å². The summed E-state index contributed by atoms with van der Waals surface area (Å²) in [6.07, 6.45) is 3.04. The van der Waals surface area contributed by atoms with E-state index in [0.717, 1.165) is 11.1 Å². The maximum absolute atomic E-state index is 12.9. The Hall–Kier alpha value is -2.82. The number of benzene rings is 2. The van der Waals surface area contributed by atoms with Crippen LogP contribution in [0.3, 0.4) is 0 Å². The first kappa shape index (κ1) is 17.5. The number of hydrogen-bond acceptors (Lipinski definition) is 3. The van der Waals surface area contributed by atoms with Gasteiger partial charge in [-0.15, -0.1) is 0 Å². The molecule has 0 fully saturated rings. The van der Waals surface area contributed by atoms with Crippen LogP contribution >= 0.6 is 0 Å². The number of amides is 1. The van der Waals surface area contributed by atoms with Gasteiger partial charge in [-0.25, -0.2) is 4.39 Å². The van der Waals surface area contributed by atoms with Crippen molar-refractivity contribution in [1.82, 2.24) is 5.32 Å². The number of halogens is 1. The van der Waals surface area contributed by atoms with Crippen LogP contribution in [0, 0.1) is 5.82 Å². The molecule has 126 valence electrons. The van der Waals surface area contributed by atoms with Gasteiger partial charge in [-0.2, -0.15) is 0 Å². The van der Waals surface area contributed by atoms with Gasteiger partial charge in [0.05, 0.1) is 20.3 Å². The second kappa shape index (κ2) is 8.15. The predicted octanol–water partition coefficient (Wildman–Crippen LogP) is 3.73. The lowest BCUT2D eigenvalue weighted by atomic mass is 10.1. The minimum absolute atomic E-state index is 0.253. The second-order valence-corrected chi connectivity index (χ2v) is 5.22. The van der Waals surface area contributed by atoms with E-state index in [2.05, 4.69) is 5.32 Å². The van der Waals surface area contributed by atoms with Crippen molar-refractivity contribution < 1.29 is 18.7 Å². The molecule has 24 heavy (non-hydrogen) atoms. The monoisotopic (exact) mass is 329 g/mol. The topological polar surface area (TPSA) is 47.6 Å². The van der Waals surface area contributed by atoms with Gasteiger partial charge in [-0.05, 0) is 48.9 Å². The normalized spacial score (nSPS) is 12.0. The highest BCUT2D eigenvalue weighted by molar-refractivity contribution is 5.92. The molecule has 0 aliphatic carbocycles. The summed E-state index contributed by atoms with van der Waals surface area (Å²) < 4.78 is 23.4. The fourth-order valence-corrected chi connectivity index (χ4v) is 2.26. The molecule has 0 bridgehead atoms. The number of nitrogens with one attached hydrogen (secondary N) is 1. The predicted molar refractivity (Wildman–Crippen MR) is 91.5 cm³/mol. The van der Waals surface area contributed by atoms with Gasteiger partial charge >= 0.3 is 0 Å². The molecule has 1 amide bonds. The summed E-state index contributed by atoms with van der Waals surface area (Å²) in [4.78, 5) is 12.1. The van der Waals surface area contributed by atoms with Crippen LogP contribution in [0.15, 0.2) is 48.5 Å². The number of ether oxygens (including phenoxy) is 2. The summed E-state index contributed by atoms with van der Waals surface area (Å²) >= 11 is 0. The van der Waals surface area contributed by atoms with Crippen molar-refractivity contribution in [3.8, 4) is 11.5 Å². The fourth-order valence-electron chi connectivity index (χ4n) is 2.26. The Labute approximate surface area is 140 Å². The third-order valence-electron chi connectivity index (χ3n) is 3.56. The number of carbonyl (C=O) groups is 1. The summed E-state index contributed by atoms with van der Waals surface area (Å²) in [5.41, 5.74) is 1.57. The van der Waals surface area contributed by atoms with E-state index in [1.54, 1.807) is 44.6 Å². The van der Waals surface area contributed by atoms with Crippen LogP contribution in [-0.2, 0) is 4.79 Å². The van der Waals surface area contributed by atoms with Crippen LogP contribution in [-0.4, -0.2) is 20.1 Å². The smallest absolute Gasteiger partial charge is 0.244 e. The highest BCUT2D eigenvalue weighted by Crippen LogP contribution is 2.29. The van der Waals surface area contributed by atoms with E-state index >= 15 is 0 Å². The maximum Gasteiger partial charge on any atom is 0.244 e. The number of carbonyl (C=O) groups excluding carboxylic acids is 1. The number of methoxy groups -OCH3 is 2. The third kappa shape index (κ3) is 4.59. The van der Waals surface area contributed by atoms with Gasteiger partial charge in [-0.3, -0.25) is 4.79 Å². The molecule has 0 aromatic heterocycles. The molecule has 1 N–H and O–H groups in total. The van der Waals surface area contributed by atoms with Crippen molar-refractivity contribution in [2.45, 2.75) is 13.0 Å². The lowest BCUT2D eigenvalue weighted by molar-refractivity contribution is -0.117. The van der Waals surface area contributed by atoms with E-state index in [0.29, 0.717) is 11.5 Å². The Kier molecular flexibility index (Phi) is 5.95. The molecule has 0 spiro atoms. The van der Waals surface area contributed by atoms with Crippen molar-refractivity contribution in [2.24, 2.45) is 0 Å². The van der Waals surface area contributed by atoms with Crippen LogP contribution in [0.2, 0.25) is 0 Å². The van der Waals surface area contributed by atoms with Crippen molar-refractivity contribution >= 4 is 12.0 Å². The Bertz CT molecular complexity index is 726. The zero-order chi connectivity index (χ0) is 17.5. The zero-order valence-corrected chi connectivity index (χ0v) is 13.9. The van der Waals surface area contributed by atoms with Gasteiger partial charge < -0.3 is 14.8 Å². The first-order valence-corrected chi connectivity index (χ1v) is 7.49. The average molecular weight is 329 g/mol. The molecule has 0 saturated heterocycles. The number of hydrogen-bond donors (Lipinski definition) is 1. The Balaban J connectivity index is 2.07. The van der Waals surface area contributed by atoms with Crippen LogP contribution < -0.4 is 14.8 Å². The van der Waals surface area contributed by atoms with E-state index < -0.39 is 0 Å². The van der Waals surface area contributed by atoms with Gasteiger partial charge in [0.25, 0.3) is 0 Å². The number of rotatable bonds is 6. The fraction of sp³-hybridized carbons (Fsp3) is 0.211. The van der Waals surface area contributed by atoms with E-state index in [1.807, 2.05) is 13.0 Å². The molecule has 0 unspecified atom stereocenters. The lowest BCUT2D eigenvalue weighted by Gasteiger charge is -2.17. The molecule has 2 aromatic rings. The zero-order valence-electron chi connectivity index (χ0n) is 13.9. The third-order valence-corrected chi connectivity index (χ3v) is 3.56. The second-order valence-electron chi connectivity index (χ2n) is 5.22. The highest BCUT2D eigenvalue weighted by Gasteiger charge is 2.14. The summed E-state index contributed by atoms with van der Waals surface area (Å²) in [6.45, 7) is 1.86. The van der Waals surface area contributed by atoms with Gasteiger partial charge in [0.15, 0.2) is 0 Å². The summed E-state index contributed by atoms with van der Waals surface area (Å²) in [5, 5.41) is 2.87. The first-order chi connectivity index (χ1) is 11.5. The highest BCUT2D eigenvalue weighted by atomic mass is 19.1. The molecule has 0 saturated carbocycles. The molecule has 2 aromatic carbocycles. The Morgan fingerprint density at radius 3 is 2.46 bits per heavy atom. The maximum atomic E-state index is 12.9.